The van der Waals surface area contributed by atoms with Crippen LogP contribution in [-0.4, -0.2) is 43.7 Å². The van der Waals surface area contributed by atoms with Crippen LogP contribution in [0.25, 0.3) is 5.82 Å². The number of carbonyl (C=O) groups excluding carboxylic acids is 2. The van der Waals surface area contributed by atoms with Gasteiger partial charge in [-0.25, -0.2) is 9.48 Å². The molecule has 0 aliphatic rings. The molecule has 0 amide bonds. The number of carbonyl (C=O) groups is 2. The normalized spacial score (nSPS) is 10.3. The summed E-state index contributed by atoms with van der Waals surface area (Å²) in [4.78, 5) is 22.4. The maximum Gasteiger partial charge on any atom is 0.343 e. The largest absolute Gasteiger partial charge is 0.462 e. The lowest BCUT2D eigenvalue weighted by Gasteiger charge is -2.01. The summed E-state index contributed by atoms with van der Waals surface area (Å²) >= 11 is 0. The van der Waals surface area contributed by atoms with Crippen molar-refractivity contribution < 1.29 is 19.1 Å². The first-order valence-electron chi connectivity index (χ1n) is 5.87. The molecule has 0 unspecified atom stereocenters. The zero-order valence-corrected chi connectivity index (χ0v) is 11.0. The lowest BCUT2D eigenvalue weighted by molar-refractivity contribution is -0.142. The minimum absolute atomic E-state index is 0.0121. The highest BCUT2D eigenvalue weighted by atomic mass is 16.5. The molecule has 0 saturated carbocycles. The molecule has 2 rings (SSSR count). The van der Waals surface area contributed by atoms with Gasteiger partial charge in [-0.1, -0.05) is 5.21 Å². The first-order chi connectivity index (χ1) is 9.61. The van der Waals surface area contributed by atoms with E-state index >= 15 is 0 Å². The molecule has 0 aliphatic heterocycles. The summed E-state index contributed by atoms with van der Waals surface area (Å²) in [6.07, 6.45) is 2.87. The van der Waals surface area contributed by atoms with Gasteiger partial charge in [-0.05, 0) is 6.92 Å². The molecule has 0 aromatic carbocycles. The van der Waals surface area contributed by atoms with E-state index in [9.17, 15) is 9.59 Å². The smallest absolute Gasteiger partial charge is 0.343 e. The number of nitrogens with one attached hydrogen (secondary N) is 1. The molecular weight excluding hydrogens is 266 g/mol. The summed E-state index contributed by atoms with van der Waals surface area (Å²) in [5.41, 5.74) is 0.695. The number of hydrogen-bond donors (Lipinski definition) is 1. The predicted octanol–water partition coefficient (Wildman–Crippen LogP) is 0.230. The second kappa shape index (κ2) is 5.95. The van der Waals surface area contributed by atoms with Gasteiger partial charge in [-0.2, -0.15) is 5.10 Å². The van der Waals surface area contributed by atoms with E-state index in [1.54, 1.807) is 6.92 Å². The zero-order valence-electron chi connectivity index (χ0n) is 11.0. The Labute approximate surface area is 113 Å². The molecule has 20 heavy (non-hydrogen) atoms. The van der Waals surface area contributed by atoms with Crippen LogP contribution in [0, 0.1) is 0 Å². The Balaban J connectivity index is 2.18. The SMILES string of the molecule is CCOC(=O)c1cn[nH]c1-n1cc(COC(C)=O)nn1. The molecule has 106 valence electrons. The summed E-state index contributed by atoms with van der Waals surface area (Å²) in [5, 5.41) is 14.1. The summed E-state index contributed by atoms with van der Waals surface area (Å²) < 4.78 is 11.0. The Morgan fingerprint density at radius 2 is 2.20 bits per heavy atom. The molecule has 0 radical (unpaired) electrons. The monoisotopic (exact) mass is 279 g/mol. The van der Waals surface area contributed by atoms with Gasteiger partial charge in [0.2, 0.25) is 0 Å². The van der Waals surface area contributed by atoms with E-state index in [1.807, 2.05) is 0 Å². The van der Waals surface area contributed by atoms with Crippen molar-refractivity contribution in [1.29, 1.82) is 0 Å². The Bertz CT molecular complexity index is 618. The third-order valence-electron chi connectivity index (χ3n) is 2.31. The third-order valence-corrected chi connectivity index (χ3v) is 2.31. The number of hydrogen-bond acceptors (Lipinski definition) is 7. The lowest BCUT2D eigenvalue weighted by Crippen LogP contribution is -2.08. The Kier molecular flexibility index (Phi) is 4.08. The molecule has 2 aromatic rings. The Hall–Kier alpha value is -2.71. The van der Waals surface area contributed by atoms with Crippen LogP contribution in [0.4, 0.5) is 0 Å². The molecule has 1 N–H and O–H groups in total. The van der Waals surface area contributed by atoms with E-state index < -0.39 is 11.9 Å². The van der Waals surface area contributed by atoms with Crippen LogP contribution in [0.5, 0.6) is 0 Å². The molecule has 0 fully saturated rings. The average Bonchev–Trinajstić information content (AvgIpc) is 3.05. The molecule has 0 bridgehead atoms. The van der Waals surface area contributed by atoms with Crippen LogP contribution in [0.2, 0.25) is 0 Å². The van der Waals surface area contributed by atoms with Gasteiger partial charge in [0.1, 0.15) is 17.9 Å². The van der Waals surface area contributed by atoms with Crippen LogP contribution in [-0.2, 0) is 20.9 Å². The van der Waals surface area contributed by atoms with Gasteiger partial charge < -0.3 is 9.47 Å². The van der Waals surface area contributed by atoms with Crippen LogP contribution in [0.15, 0.2) is 12.4 Å². The van der Waals surface area contributed by atoms with Crippen LogP contribution >= 0.6 is 0 Å². The van der Waals surface area contributed by atoms with Gasteiger partial charge in [0.25, 0.3) is 0 Å². The van der Waals surface area contributed by atoms with E-state index in [1.165, 1.54) is 24.0 Å². The van der Waals surface area contributed by atoms with Gasteiger partial charge in [0.05, 0.1) is 19.0 Å². The highest BCUT2D eigenvalue weighted by molar-refractivity contribution is 5.92. The third kappa shape index (κ3) is 2.99. The van der Waals surface area contributed by atoms with Crippen molar-refractivity contribution in [3.05, 3.63) is 23.7 Å². The highest BCUT2D eigenvalue weighted by Gasteiger charge is 2.17. The minimum Gasteiger partial charge on any atom is -0.462 e. The molecule has 0 spiro atoms. The van der Waals surface area contributed by atoms with Gasteiger partial charge in [0, 0.05) is 6.92 Å². The maximum atomic E-state index is 11.7. The lowest BCUT2D eigenvalue weighted by atomic mass is 10.3. The van der Waals surface area contributed by atoms with Gasteiger partial charge in [-0.3, -0.25) is 9.89 Å². The molecule has 9 heteroatoms. The molecule has 2 heterocycles. The number of aromatic amines is 1. The van der Waals surface area contributed by atoms with E-state index in [0.29, 0.717) is 11.5 Å². The average molecular weight is 279 g/mol. The number of aromatic nitrogens is 5. The van der Waals surface area contributed by atoms with Crippen LogP contribution < -0.4 is 0 Å². The Morgan fingerprint density at radius 3 is 2.90 bits per heavy atom. The summed E-state index contributed by atoms with van der Waals surface area (Å²) in [6.45, 7) is 3.29. The number of esters is 2. The van der Waals surface area contributed by atoms with Crippen LogP contribution in [0.1, 0.15) is 29.9 Å². The standard InChI is InChI=1S/C11H13N5O4/c1-3-19-11(18)9-4-12-14-10(9)16-5-8(13-15-16)6-20-7(2)17/h4-5H,3,6H2,1-2H3,(H,12,14). The van der Waals surface area contributed by atoms with Crippen molar-refractivity contribution in [2.24, 2.45) is 0 Å². The predicted molar refractivity (Wildman–Crippen MR) is 64.9 cm³/mol. The van der Waals surface area contributed by atoms with Crippen molar-refractivity contribution in [2.45, 2.75) is 20.5 Å². The first kappa shape index (κ1) is 13.7. The topological polar surface area (TPSA) is 112 Å². The van der Waals surface area contributed by atoms with Gasteiger partial charge in [0.15, 0.2) is 5.82 Å². The Morgan fingerprint density at radius 1 is 1.40 bits per heavy atom. The second-order valence-electron chi connectivity index (χ2n) is 3.79. The van der Waals surface area contributed by atoms with Crippen molar-refractivity contribution in [3.8, 4) is 5.82 Å². The highest BCUT2D eigenvalue weighted by Crippen LogP contribution is 2.11. The molecule has 0 atom stereocenters. The fraction of sp³-hybridized carbons (Fsp3) is 0.364. The first-order valence-corrected chi connectivity index (χ1v) is 5.87. The van der Waals surface area contributed by atoms with Crippen molar-refractivity contribution in [1.82, 2.24) is 25.2 Å². The van der Waals surface area contributed by atoms with E-state index in [-0.39, 0.29) is 18.8 Å². The molecule has 2 aromatic heterocycles. The van der Waals surface area contributed by atoms with Gasteiger partial charge >= 0.3 is 11.9 Å². The van der Waals surface area contributed by atoms with Crippen molar-refractivity contribution >= 4 is 11.9 Å². The van der Waals surface area contributed by atoms with Crippen LogP contribution in [0.3, 0.4) is 0 Å². The summed E-state index contributed by atoms with van der Waals surface area (Å²) in [5.74, 6) is -0.577. The summed E-state index contributed by atoms with van der Waals surface area (Å²) in [6, 6.07) is 0. The zero-order chi connectivity index (χ0) is 14.5. The fourth-order valence-electron chi connectivity index (χ4n) is 1.46. The van der Waals surface area contributed by atoms with Crippen molar-refractivity contribution in [3.63, 3.8) is 0 Å². The quantitative estimate of drug-likeness (QED) is 0.779. The second-order valence-corrected chi connectivity index (χ2v) is 3.79. The van der Waals surface area contributed by atoms with E-state index in [4.69, 9.17) is 9.47 Å². The van der Waals surface area contributed by atoms with Gasteiger partial charge in [-0.15, -0.1) is 5.10 Å². The summed E-state index contributed by atoms with van der Waals surface area (Å²) in [7, 11) is 0. The van der Waals surface area contributed by atoms with E-state index in [2.05, 4.69) is 20.5 Å². The fourth-order valence-corrected chi connectivity index (χ4v) is 1.46. The number of nitrogens with zero attached hydrogens (tertiary/aromatic N) is 4. The number of ether oxygens (including phenoxy) is 2. The minimum atomic E-state index is -0.506. The maximum absolute atomic E-state index is 11.7. The number of H-pyrrole nitrogens is 1. The molecule has 0 aliphatic carbocycles. The number of rotatable bonds is 5. The molecule has 9 nitrogen and oxygen atoms in total. The molecular formula is C11H13N5O4. The van der Waals surface area contributed by atoms with E-state index in [0.717, 1.165) is 0 Å². The van der Waals surface area contributed by atoms with Crippen molar-refractivity contribution in [2.75, 3.05) is 6.61 Å². The molecule has 0 saturated heterocycles.